The number of amides is 1. The lowest BCUT2D eigenvalue weighted by Crippen LogP contribution is -2.42. The predicted octanol–water partition coefficient (Wildman–Crippen LogP) is 4.02. The topological polar surface area (TPSA) is 29.1 Å². The molecule has 1 N–H and O–H groups in total. The number of benzene rings is 1. The van der Waals surface area contributed by atoms with Gasteiger partial charge in [0, 0.05) is 15.6 Å². The van der Waals surface area contributed by atoms with Crippen LogP contribution in [0.1, 0.15) is 37.6 Å². The third-order valence-corrected chi connectivity index (χ3v) is 3.73. The maximum atomic E-state index is 11.9. The molecule has 4 heteroatoms. The summed E-state index contributed by atoms with van der Waals surface area (Å²) in [6, 6.07) is 5.15. The van der Waals surface area contributed by atoms with Crippen molar-refractivity contribution >= 4 is 33.4 Å². The van der Waals surface area contributed by atoms with Gasteiger partial charge in [0.25, 0.3) is 5.91 Å². The molecule has 0 heterocycles. The van der Waals surface area contributed by atoms with Crippen LogP contribution in [0.15, 0.2) is 22.7 Å². The summed E-state index contributed by atoms with van der Waals surface area (Å²) in [6.45, 7) is 6.03. The highest BCUT2D eigenvalue weighted by Gasteiger charge is 2.19. The van der Waals surface area contributed by atoms with Crippen molar-refractivity contribution in [3.05, 3.63) is 33.3 Å². The maximum absolute atomic E-state index is 11.9. The van der Waals surface area contributed by atoms with E-state index >= 15 is 0 Å². The third-order valence-electron chi connectivity index (χ3n) is 2.52. The molecule has 0 saturated heterocycles. The molecule has 16 heavy (non-hydrogen) atoms. The number of nitrogens with one attached hydrogen (secondary N) is 1. The molecule has 0 radical (unpaired) electrons. The van der Waals surface area contributed by atoms with E-state index in [1.165, 1.54) is 0 Å². The molecule has 88 valence electrons. The molecule has 1 rings (SSSR count). The van der Waals surface area contributed by atoms with Gasteiger partial charge in [-0.15, -0.1) is 0 Å². The molecule has 0 bridgehead atoms. The highest BCUT2D eigenvalue weighted by atomic mass is 79.9. The van der Waals surface area contributed by atoms with Crippen molar-refractivity contribution in [2.45, 2.75) is 32.7 Å². The van der Waals surface area contributed by atoms with Crippen LogP contribution >= 0.6 is 27.5 Å². The van der Waals surface area contributed by atoms with Gasteiger partial charge in [-0.3, -0.25) is 4.79 Å². The minimum absolute atomic E-state index is 0.0794. The fourth-order valence-corrected chi connectivity index (χ4v) is 1.60. The van der Waals surface area contributed by atoms with Crippen molar-refractivity contribution < 1.29 is 4.79 Å². The van der Waals surface area contributed by atoms with E-state index in [2.05, 4.69) is 21.2 Å². The minimum atomic E-state index is -0.191. The quantitative estimate of drug-likeness (QED) is 0.898. The molecule has 1 aromatic rings. The van der Waals surface area contributed by atoms with Crippen molar-refractivity contribution in [3.63, 3.8) is 0 Å². The van der Waals surface area contributed by atoms with Gasteiger partial charge in [0.1, 0.15) is 0 Å². The van der Waals surface area contributed by atoms with Crippen molar-refractivity contribution in [2.24, 2.45) is 0 Å². The summed E-state index contributed by atoms with van der Waals surface area (Å²) in [5.74, 6) is -0.0794. The first kappa shape index (κ1) is 13.5. The second kappa shape index (κ2) is 5.19. The number of carbonyl (C=O) groups excluding carboxylic acids is 1. The summed E-state index contributed by atoms with van der Waals surface area (Å²) >= 11 is 9.17. The van der Waals surface area contributed by atoms with E-state index in [1.54, 1.807) is 18.2 Å². The zero-order chi connectivity index (χ0) is 12.3. The van der Waals surface area contributed by atoms with Gasteiger partial charge >= 0.3 is 0 Å². The molecular weight excluding hydrogens is 289 g/mol. The Morgan fingerprint density at radius 3 is 2.62 bits per heavy atom. The predicted molar refractivity (Wildman–Crippen MR) is 71.0 cm³/mol. The van der Waals surface area contributed by atoms with Gasteiger partial charge in [-0.1, -0.05) is 18.5 Å². The smallest absolute Gasteiger partial charge is 0.251 e. The molecule has 2 nitrogen and oxygen atoms in total. The van der Waals surface area contributed by atoms with Crippen LogP contribution in [0.3, 0.4) is 0 Å². The summed E-state index contributed by atoms with van der Waals surface area (Å²) in [5.41, 5.74) is 0.418. The van der Waals surface area contributed by atoms with Crippen LogP contribution in [0.4, 0.5) is 0 Å². The fourth-order valence-electron chi connectivity index (χ4n) is 1.11. The SMILES string of the molecule is CCC(C)(C)NC(=O)c1ccc(Cl)c(Br)c1. The molecule has 0 aliphatic carbocycles. The van der Waals surface area contributed by atoms with Gasteiger partial charge in [-0.2, -0.15) is 0 Å². The number of halogens is 2. The average molecular weight is 305 g/mol. The van der Waals surface area contributed by atoms with E-state index in [4.69, 9.17) is 11.6 Å². The minimum Gasteiger partial charge on any atom is -0.347 e. The molecule has 0 aliphatic heterocycles. The number of hydrogen-bond acceptors (Lipinski definition) is 1. The summed E-state index contributed by atoms with van der Waals surface area (Å²) in [6.07, 6.45) is 0.882. The Hall–Kier alpha value is -0.540. The van der Waals surface area contributed by atoms with Crippen LogP contribution in [-0.4, -0.2) is 11.4 Å². The Morgan fingerprint density at radius 1 is 1.50 bits per heavy atom. The highest BCUT2D eigenvalue weighted by molar-refractivity contribution is 9.10. The molecule has 0 saturated carbocycles. The second-order valence-corrected chi connectivity index (χ2v) is 5.58. The van der Waals surface area contributed by atoms with Gasteiger partial charge in [0.05, 0.1) is 5.02 Å². The molecule has 1 amide bonds. The maximum Gasteiger partial charge on any atom is 0.251 e. The zero-order valence-electron chi connectivity index (χ0n) is 9.60. The number of hydrogen-bond donors (Lipinski definition) is 1. The van der Waals surface area contributed by atoms with Crippen LogP contribution in [0.2, 0.25) is 5.02 Å². The number of rotatable bonds is 3. The van der Waals surface area contributed by atoms with Crippen molar-refractivity contribution in [2.75, 3.05) is 0 Å². The Morgan fingerprint density at radius 2 is 2.12 bits per heavy atom. The molecule has 0 unspecified atom stereocenters. The third kappa shape index (κ3) is 3.49. The summed E-state index contributed by atoms with van der Waals surface area (Å²) in [7, 11) is 0. The lowest BCUT2D eigenvalue weighted by atomic mass is 10.0. The van der Waals surface area contributed by atoms with Crippen LogP contribution in [0, 0.1) is 0 Å². The molecule has 1 aromatic carbocycles. The standard InChI is InChI=1S/C12H15BrClNO/c1-4-12(2,3)15-11(16)8-5-6-10(14)9(13)7-8/h5-7H,4H2,1-3H3,(H,15,16). The van der Waals surface area contributed by atoms with E-state index < -0.39 is 0 Å². The summed E-state index contributed by atoms with van der Waals surface area (Å²) < 4.78 is 0.733. The molecule has 0 aromatic heterocycles. The summed E-state index contributed by atoms with van der Waals surface area (Å²) in [4.78, 5) is 11.9. The van der Waals surface area contributed by atoms with E-state index in [0.717, 1.165) is 10.9 Å². The Bertz CT molecular complexity index is 404. The Labute approximate surface area is 110 Å². The first-order chi connectivity index (χ1) is 7.35. The molecule has 0 aliphatic rings. The van der Waals surface area contributed by atoms with Crippen molar-refractivity contribution in [1.82, 2.24) is 5.32 Å². The molecule has 0 fully saturated rings. The van der Waals surface area contributed by atoms with Crippen LogP contribution in [0.25, 0.3) is 0 Å². The van der Waals surface area contributed by atoms with Crippen LogP contribution in [0.5, 0.6) is 0 Å². The Kier molecular flexibility index (Phi) is 4.39. The zero-order valence-corrected chi connectivity index (χ0v) is 11.9. The highest BCUT2D eigenvalue weighted by Crippen LogP contribution is 2.23. The first-order valence-electron chi connectivity index (χ1n) is 5.13. The lowest BCUT2D eigenvalue weighted by Gasteiger charge is -2.24. The van der Waals surface area contributed by atoms with E-state index in [-0.39, 0.29) is 11.4 Å². The molecule has 0 spiro atoms. The van der Waals surface area contributed by atoms with Gasteiger partial charge in [0.15, 0.2) is 0 Å². The van der Waals surface area contributed by atoms with Crippen LogP contribution < -0.4 is 5.32 Å². The first-order valence-corrected chi connectivity index (χ1v) is 6.30. The lowest BCUT2D eigenvalue weighted by molar-refractivity contribution is 0.0911. The normalized spacial score (nSPS) is 11.3. The van der Waals surface area contributed by atoms with Crippen LogP contribution in [-0.2, 0) is 0 Å². The summed E-state index contributed by atoms with van der Waals surface area (Å²) in [5, 5.41) is 3.57. The van der Waals surface area contributed by atoms with E-state index in [0.29, 0.717) is 10.6 Å². The van der Waals surface area contributed by atoms with Crippen molar-refractivity contribution in [1.29, 1.82) is 0 Å². The van der Waals surface area contributed by atoms with Gasteiger partial charge in [0.2, 0.25) is 0 Å². The average Bonchev–Trinajstić information content (AvgIpc) is 2.21. The fraction of sp³-hybridized carbons (Fsp3) is 0.417. The second-order valence-electron chi connectivity index (χ2n) is 4.32. The largest absolute Gasteiger partial charge is 0.347 e. The molecular formula is C12H15BrClNO. The van der Waals surface area contributed by atoms with Gasteiger partial charge in [-0.25, -0.2) is 0 Å². The van der Waals surface area contributed by atoms with E-state index in [9.17, 15) is 4.79 Å². The van der Waals surface area contributed by atoms with Gasteiger partial charge < -0.3 is 5.32 Å². The van der Waals surface area contributed by atoms with E-state index in [1.807, 2.05) is 20.8 Å². The Balaban J connectivity index is 2.85. The van der Waals surface area contributed by atoms with Crippen molar-refractivity contribution in [3.8, 4) is 0 Å². The number of carbonyl (C=O) groups is 1. The molecule has 0 atom stereocenters. The monoisotopic (exact) mass is 303 g/mol. The van der Waals surface area contributed by atoms with Gasteiger partial charge in [-0.05, 0) is 54.4 Å².